The monoisotopic (exact) mass is 366 g/mol. The largest absolute Gasteiger partial charge is 1.00 e. The summed E-state index contributed by atoms with van der Waals surface area (Å²) >= 11 is 0. The second-order valence-electron chi connectivity index (χ2n) is 4.12. The molecule has 0 aliphatic rings. The van der Waals surface area contributed by atoms with Gasteiger partial charge in [0.25, 0.3) is 0 Å². The number of benzene rings is 2. The van der Waals surface area contributed by atoms with Crippen molar-refractivity contribution >= 4 is 20.2 Å². The molecule has 10 heteroatoms. The topological polar surface area (TPSA) is 110 Å². The number of methoxy groups -OCH3 is 1. The van der Waals surface area contributed by atoms with E-state index >= 15 is 0 Å². The van der Waals surface area contributed by atoms with Crippen LogP contribution in [0.15, 0.2) is 58.3 Å². The Labute approximate surface area is 156 Å². The van der Waals surface area contributed by atoms with E-state index in [4.69, 9.17) is 8.92 Å². The minimum atomic E-state index is -4.68. The van der Waals surface area contributed by atoms with Crippen LogP contribution in [-0.2, 0) is 20.2 Å². The zero-order valence-corrected chi connectivity index (χ0v) is 15.9. The fraction of sp³-hybridized carbons (Fsp3) is 0.0769. The standard InChI is InChI=1S/C13H12O7S2.Na/c1-19-13-9-11(21(14,15)16)7-8-12(13)20-22(17,18)10-5-3-2-4-6-10;/h2-9H,1H3,(H,14,15,16);/q;+1/p-1. The maximum atomic E-state index is 12.1. The smallest absolute Gasteiger partial charge is 0.744 e. The van der Waals surface area contributed by atoms with Crippen molar-refractivity contribution in [3.63, 3.8) is 0 Å². The Morgan fingerprint density at radius 2 is 1.48 bits per heavy atom. The Hall–Kier alpha value is -1.10. The van der Waals surface area contributed by atoms with Gasteiger partial charge in [-0.1, -0.05) is 18.2 Å². The van der Waals surface area contributed by atoms with Crippen molar-refractivity contribution in [3.05, 3.63) is 48.5 Å². The van der Waals surface area contributed by atoms with Gasteiger partial charge >= 0.3 is 39.7 Å². The van der Waals surface area contributed by atoms with E-state index in [-0.39, 0.29) is 46.0 Å². The average Bonchev–Trinajstić information content (AvgIpc) is 2.47. The van der Waals surface area contributed by atoms with Crippen LogP contribution in [0.4, 0.5) is 0 Å². The number of hydrogen-bond donors (Lipinski definition) is 0. The molecule has 2 rings (SSSR count). The van der Waals surface area contributed by atoms with Gasteiger partial charge in [-0.15, -0.1) is 0 Å². The molecule has 0 unspecified atom stereocenters. The summed E-state index contributed by atoms with van der Waals surface area (Å²) in [7, 11) is -7.59. The molecular formula is C13H11NaO7S2. The molecule has 0 fully saturated rings. The Kier molecular flexibility index (Phi) is 6.63. The second-order valence-corrected chi connectivity index (χ2v) is 7.04. The molecule has 23 heavy (non-hydrogen) atoms. The van der Waals surface area contributed by atoms with Gasteiger partial charge in [0.15, 0.2) is 11.5 Å². The van der Waals surface area contributed by atoms with E-state index in [1.54, 1.807) is 6.07 Å². The summed E-state index contributed by atoms with van der Waals surface area (Å²) in [5.74, 6) is -0.407. The van der Waals surface area contributed by atoms with Gasteiger partial charge in [0.1, 0.15) is 15.0 Å². The van der Waals surface area contributed by atoms with Crippen molar-refractivity contribution in [1.29, 1.82) is 0 Å². The summed E-state index contributed by atoms with van der Waals surface area (Å²) in [4.78, 5) is -0.619. The van der Waals surface area contributed by atoms with E-state index in [1.807, 2.05) is 0 Å². The summed E-state index contributed by atoms with van der Waals surface area (Å²) < 4.78 is 66.8. The van der Waals surface area contributed by atoms with E-state index < -0.39 is 25.1 Å². The molecule has 0 bridgehead atoms. The molecular weight excluding hydrogens is 355 g/mol. The van der Waals surface area contributed by atoms with Gasteiger partial charge in [-0.3, -0.25) is 0 Å². The van der Waals surface area contributed by atoms with Crippen molar-refractivity contribution in [2.45, 2.75) is 9.79 Å². The van der Waals surface area contributed by atoms with Gasteiger partial charge in [0.05, 0.1) is 12.0 Å². The van der Waals surface area contributed by atoms with Crippen molar-refractivity contribution in [2.24, 2.45) is 0 Å². The minimum absolute atomic E-state index is 0. The average molecular weight is 366 g/mol. The summed E-state index contributed by atoms with van der Waals surface area (Å²) in [5.41, 5.74) is 0. The van der Waals surface area contributed by atoms with Crippen LogP contribution >= 0.6 is 0 Å². The second kappa shape index (κ2) is 7.65. The van der Waals surface area contributed by atoms with Crippen LogP contribution in [0.5, 0.6) is 11.5 Å². The first kappa shape index (κ1) is 19.9. The van der Waals surface area contributed by atoms with Crippen LogP contribution in [0, 0.1) is 0 Å². The first-order chi connectivity index (χ1) is 10.2. The molecule has 118 valence electrons. The first-order valence-electron chi connectivity index (χ1n) is 5.87. The summed E-state index contributed by atoms with van der Waals surface area (Å²) in [6, 6.07) is 10.3. The Morgan fingerprint density at radius 1 is 0.870 bits per heavy atom. The summed E-state index contributed by atoms with van der Waals surface area (Å²) in [6.45, 7) is 0. The summed E-state index contributed by atoms with van der Waals surface area (Å²) in [6.07, 6.45) is 0. The minimum Gasteiger partial charge on any atom is -0.744 e. The maximum absolute atomic E-state index is 12.1. The zero-order chi connectivity index (χ0) is 16.4. The van der Waals surface area contributed by atoms with Crippen molar-refractivity contribution in [2.75, 3.05) is 7.11 Å². The first-order valence-corrected chi connectivity index (χ1v) is 8.69. The predicted molar refractivity (Wildman–Crippen MR) is 75.2 cm³/mol. The molecule has 0 spiro atoms. The molecule has 2 aromatic carbocycles. The molecule has 0 heterocycles. The van der Waals surface area contributed by atoms with Gasteiger partial charge in [-0.25, -0.2) is 8.42 Å². The van der Waals surface area contributed by atoms with E-state index in [9.17, 15) is 21.4 Å². The molecule has 0 aromatic heterocycles. The van der Waals surface area contributed by atoms with Crippen LogP contribution in [0.2, 0.25) is 0 Å². The summed E-state index contributed by atoms with van der Waals surface area (Å²) in [5, 5.41) is 0. The molecule has 0 saturated carbocycles. The van der Waals surface area contributed by atoms with Crippen LogP contribution < -0.4 is 38.5 Å². The quantitative estimate of drug-likeness (QED) is 0.355. The fourth-order valence-corrected chi connectivity index (χ4v) is 3.07. The molecule has 0 atom stereocenters. The van der Waals surface area contributed by atoms with Gasteiger partial charge in [-0.2, -0.15) is 8.42 Å². The van der Waals surface area contributed by atoms with Crippen molar-refractivity contribution in [3.8, 4) is 11.5 Å². The van der Waals surface area contributed by atoms with Gasteiger partial charge in [0, 0.05) is 6.07 Å². The maximum Gasteiger partial charge on any atom is 1.00 e. The number of hydrogen-bond acceptors (Lipinski definition) is 7. The molecule has 2 aromatic rings. The normalized spacial score (nSPS) is 11.4. The SMILES string of the molecule is COc1cc(S(=O)(=O)[O-])ccc1OS(=O)(=O)c1ccccc1.[Na+]. The third-order valence-electron chi connectivity index (χ3n) is 2.66. The molecule has 7 nitrogen and oxygen atoms in total. The molecule has 0 amide bonds. The Bertz CT molecular complexity index is 878. The fourth-order valence-electron chi connectivity index (χ4n) is 1.63. The van der Waals surface area contributed by atoms with E-state index in [2.05, 4.69) is 0 Å². The number of rotatable bonds is 5. The predicted octanol–water partition coefficient (Wildman–Crippen LogP) is -1.63. The van der Waals surface area contributed by atoms with Crippen molar-refractivity contribution < 1.29 is 59.9 Å². The molecule has 0 saturated heterocycles. The van der Waals surface area contributed by atoms with Crippen LogP contribution in [0.1, 0.15) is 0 Å². The third-order valence-corrected chi connectivity index (χ3v) is 4.73. The van der Waals surface area contributed by atoms with Gasteiger partial charge in [0.2, 0.25) is 0 Å². The van der Waals surface area contributed by atoms with E-state index in [0.717, 1.165) is 18.2 Å². The molecule has 0 aliphatic heterocycles. The van der Waals surface area contributed by atoms with Crippen LogP contribution in [0.3, 0.4) is 0 Å². The van der Waals surface area contributed by atoms with Crippen LogP contribution in [-0.4, -0.2) is 28.5 Å². The van der Waals surface area contributed by atoms with Crippen LogP contribution in [0.25, 0.3) is 0 Å². The van der Waals surface area contributed by atoms with Gasteiger partial charge < -0.3 is 13.5 Å². The van der Waals surface area contributed by atoms with E-state index in [1.165, 1.54) is 31.4 Å². The number of ether oxygens (including phenoxy) is 1. The Morgan fingerprint density at radius 3 is 2.00 bits per heavy atom. The van der Waals surface area contributed by atoms with Crippen molar-refractivity contribution in [1.82, 2.24) is 0 Å². The Balaban J connectivity index is 0.00000264. The zero-order valence-electron chi connectivity index (χ0n) is 12.3. The molecule has 0 aliphatic carbocycles. The van der Waals surface area contributed by atoms with E-state index in [0.29, 0.717) is 0 Å². The molecule has 0 radical (unpaired) electrons. The molecule has 0 N–H and O–H groups in total. The van der Waals surface area contributed by atoms with Gasteiger partial charge in [-0.05, 0) is 24.3 Å². The third kappa shape index (κ3) is 4.93.